The zero-order valence-corrected chi connectivity index (χ0v) is 11.6. The quantitative estimate of drug-likeness (QED) is 0.666. The van der Waals surface area contributed by atoms with Crippen molar-refractivity contribution < 1.29 is 4.39 Å². The zero-order valence-electron chi connectivity index (χ0n) is 9.25. The van der Waals surface area contributed by atoms with Crippen molar-refractivity contribution in [1.29, 1.82) is 0 Å². The average molecular weight is 314 g/mol. The van der Waals surface area contributed by atoms with Gasteiger partial charge in [-0.25, -0.2) is 4.39 Å². The third-order valence-corrected chi connectivity index (χ3v) is 3.61. The minimum atomic E-state index is -0.455. The number of halogens is 3. The van der Waals surface area contributed by atoms with Gasteiger partial charge in [0.1, 0.15) is 5.82 Å². The molecule has 0 amide bonds. The SMILES string of the molecule is Cc1ccc(C(Cl)c2ccc(Br)cc2)c(F)c1. The summed E-state index contributed by atoms with van der Waals surface area (Å²) in [4.78, 5) is 0. The summed E-state index contributed by atoms with van der Waals surface area (Å²) in [6.07, 6.45) is 0. The Morgan fingerprint density at radius 3 is 2.35 bits per heavy atom. The van der Waals surface area contributed by atoms with E-state index in [4.69, 9.17) is 11.6 Å². The summed E-state index contributed by atoms with van der Waals surface area (Å²) < 4.78 is 14.8. The zero-order chi connectivity index (χ0) is 12.4. The molecular formula is C14H11BrClF. The standard InChI is InChI=1S/C14H11BrClF/c1-9-2-7-12(13(17)8-9)14(16)10-3-5-11(15)6-4-10/h2-8,14H,1H3. The highest BCUT2D eigenvalue weighted by Gasteiger charge is 2.14. The number of hydrogen-bond acceptors (Lipinski definition) is 0. The van der Waals surface area contributed by atoms with Crippen molar-refractivity contribution in [2.75, 3.05) is 0 Å². The summed E-state index contributed by atoms with van der Waals surface area (Å²) >= 11 is 9.64. The van der Waals surface area contributed by atoms with Crippen molar-refractivity contribution in [2.24, 2.45) is 0 Å². The van der Waals surface area contributed by atoms with Gasteiger partial charge in [-0.05, 0) is 36.2 Å². The van der Waals surface area contributed by atoms with E-state index < -0.39 is 5.38 Å². The monoisotopic (exact) mass is 312 g/mol. The molecule has 0 saturated carbocycles. The number of alkyl halides is 1. The molecule has 0 aromatic heterocycles. The van der Waals surface area contributed by atoms with E-state index in [1.807, 2.05) is 37.3 Å². The Balaban J connectivity index is 2.36. The predicted octanol–water partition coefficient (Wildman–Crippen LogP) is 5.22. The summed E-state index contributed by atoms with van der Waals surface area (Å²) in [5.74, 6) is -0.257. The molecule has 3 heteroatoms. The normalized spacial score (nSPS) is 12.5. The summed E-state index contributed by atoms with van der Waals surface area (Å²) in [6.45, 7) is 1.86. The van der Waals surface area contributed by atoms with Gasteiger partial charge in [0.25, 0.3) is 0 Å². The molecule has 0 heterocycles. The van der Waals surface area contributed by atoms with Gasteiger partial charge in [-0.15, -0.1) is 11.6 Å². The van der Waals surface area contributed by atoms with E-state index in [1.165, 1.54) is 6.07 Å². The van der Waals surface area contributed by atoms with Crippen molar-refractivity contribution in [1.82, 2.24) is 0 Å². The summed E-state index contributed by atoms with van der Waals surface area (Å²) in [5, 5.41) is -0.455. The van der Waals surface area contributed by atoms with Crippen LogP contribution < -0.4 is 0 Å². The van der Waals surface area contributed by atoms with Crippen molar-refractivity contribution in [3.05, 3.63) is 69.4 Å². The Labute approximate surface area is 114 Å². The van der Waals surface area contributed by atoms with Crippen LogP contribution in [0.2, 0.25) is 0 Å². The van der Waals surface area contributed by atoms with Gasteiger partial charge in [-0.2, -0.15) is 0 Å². The summed E-state index contributed by atoms with van der Waals surface area (Å²) in [7, 11) is 0. The second-order valence-electron chi connectivity index (χ2n) is 3.94. The van der Waals surface area contributed by atoms with Crippen LogP contribution in [-0.2, 0) is 0 Å². The first kappa shape index (κ1) is 12.6. The number of hydrogen-bond donors (Lipinski definition) is 0. The number of aryl methyl sites for hydroxylation is 1. The van der Waals surface area contributed by atoms with E-state index in [2.05, 4.69) is 15.9 Å². The molecule has 0 bridgehead atoms. The lowest BCUT2D eigenvalue weighted by molar-refractivity contribution is 0.611. The molecule has 0 radical (unpaired) electrons. The van der Waals surface area contributed by atoms with Gasteiger partial charge in [0, 0.05) is 10.0 Å². The highest BCUT2D eigenvalue weighted by atomic mass is 79.9. The highest BCUT2D eigenvalue weighted by molar-refractivity contribution is 9.10. The van der Waals surface area contributed by atoms with Gasteiger partial charge in [0.15, 0.2) is 0 Å². The molecule has 88 valence electrons. The third-order valence-electron chi connectivity index (χ3n) is 2.59. The average Bonchev–Trinajstić information content (AvgIpc) is 2.29. The van der Waals surface area contributed by atoms with Crippen LogP contribution in [0.15, 0.2) is 46.9 Å². The molecule has 2 aromatic rings. The van der Waals surface area contributed by atoms with Crippen LogP contribution in [0.1, 0.15) is 22.1 Å². The van der Waals surface area contributed by atoms with Gasteiger partial charge in [-0.3, -0.25) is 0 Å². The summed E-state index contributed by atoms with van der Waals surface area (Å²) in [5.41, 5.74) is 2.29. The highest BCUT2D eigenvalue weighted by Crippen LogP contribution is 2.31. The molecule has 0 saturated heterocycles. The van der Waals surface area contributed by atoms with Crippen LogP contribution in [0.4, 0.5) is 4.39 Å². The van der Waals surface area contributed by atoms with E-state index >= 15 is 0 Å². The second-order valence-corrected chi connectivity index (χ2v) is 5.29. The molecule has 0 aliphatic heterocycles. The van der Waals surface area contributed by atoms with Crippen LogP contribution in [0.3, 0.4) is 0 Å². The Bertz CT molecular complexity index is 522. The van der Waals surface area contributed by atoms with Crippen LogP contribution in [0, 0.1) is 12.7 Å². The first-order chi connectivity index (χ1) is 8.08. The molecular weight excluding hydrogens is 303 g/mol. The van der Waals surface area contributed by atoms with E-state index in [1.54, 1.807) is 6.07 Å². The number of benzene rings is 2. The molecule has 2 aromatic carbocycles. The first-order valence-electron chi connectivity index (χ1n) is 5.23. The Kier molecular flexibility index (Phi) is 3.85. The van der Waals surface area contributed by atoms with Crippen molar-refractivity contribution in [2.45, 2.75) is 12.3 Å². The molecule has 0 aliphatic carbocycles. The maximum Gasteiger partial charge on any atom is 0.128 e. The number of rotatable bonds is 2. The van der Waals surface area contributed by atoms with E-state index in [0.29, 0.717) is 5.56 Å². The molecule has 0 aliphatic rings. The molecule has 0 nitrogen and oxygen atoms in total. The predicted molar refractivity (Wildman–Crippen MR) is 73.0 cm³/mol. The lowest BCUT2D eigenvalue weighted by Crippen LogP contribution is -1.97. The lowest BCUT2D eigenvalue weighted by Gasteiger charge is -2.12. The largest absolute Gasteiger partial charge is 0.207 e. The molecule has 0 spiro atoms. The van der Waals surface area contributed by atoms with Crippen molar-refractivity contribution in [3.8, 4) is 0 Å². The van der Waals surface area contributed by atoms with Crippen molar-refractivity contribution >= 4 is 27.5 Å². The summed E-state index contributed by atoms with van der Waals surface area (Å²) in [6, 6.07) is 12.7. The van der Waals surface area contributed by atoms with Crippen LogP contribution in [-0.4, -0.2) is 0 Å². The lowest BCUT2D eigenvalue weighted by atomic mass is 10.0. The minimum Gasteiger partial charge on any atom is -0.207 e. The van der Waals surface area contributed by atoms with E-state index in [-0.39, 0.29) is 5.82 Å². The molecule has 2 rings (SSSR count). The second kappa shape index (κ2) is 5.19. The molecule has 0 N–H and O–H groups in total. The van der Waals surface area contributed by atoms with Crippen LogP contribution in [0.25, 0.3) is 0 Å². The van der Waals surface area contributed by atoms with E-state index in [0.717, 1.165) is 15.6 Å². The minimum absolute atomic E-state index is 0.257. The van der Waals surface area contributed by atoms with Crippen molar-refractivity contribution in [3.63, 3.8) is 0 Å². The molecule has 17 heavy (non-hydrogen) atoms. The smallest absolute Gasteiger partial charge is 0.128 e. The molecule has 1 atom stereocenters. The molecule has 0 fully saturated rings. The van der Waals surface area contributed by atoms with Gasteiger partial charge in [-0.1, -0.05) is 40.2 Å². The fourth-order valence-corrected chi connectivity index (χ4v) is 2.24. The Morgan fingerprint density at radius 1 is 1.12 bits per heavy atom. The fraction of sp³-hybridized carbons (Fsp3) is 0.143. The van der Waals surface area contributed by atoms with Gasteiger partial charge in [0.05, 0.1) is 5.38 Å². The third kappa shape index (κ3) is 2.88. The van der Waals surface area contributed by atoms with Crippen LogP contribution >= 0.6 is 27.5 Å². The maximum absolute atomic E-state index is 13.8. The van der Waals surface area contributed by atoms with Gasteiger partial charge in [0.2, 0.25) is 0 Å². The Hall–Kier alpha value is -0.860. The Morgan fingerprint density at radius 2 is 1.76 bits per heavy atom. The van der Waals surface area contributed by atoms with Gasteiger partial charge >= 0.3 is 0 Å². The van der Waals surface area contributed by atoms with Crippen LogP contribution in [0.5, 0.6) is 0 Å². The first-order valence-corrected chi connectivity index (χ1v) is 6.46. The molecule has 1 unspecified atom stereocenters. The maximum atomic E-state index is 13.8. The fourth-order valence-electron chi connectivity index (χ4n) is 1.65. The van der Waals surface area contributed by atoms with Gasteiger partial charge < -0.3 is 0 Å². The van der Waals surface area contributed by atoms with E-state index in [9.17, 15) is 4.39 Å². The topological polar surface area (TPSA) is 0 Å².